The Balaban J connectivity index is 1.47. The van der Waals surface area contributed by atoms with Crippen molar-refractivity contribution in [2.24, 2.45) is 0 Å². The van der Waals surface area contributed by atoms with Crippen molar-refractivity contribution in [3.05, 3.63) is 60.7 Å². The first-order valence-electron chi connectivity index (χ1n) is 10.4. The van der Waals surface area contributed by atoms with E-state index < -0.39 is 0 Å². The van der Waals surface area contributed by atoms with Gasteiger partial charge in [0.05, 0.1) is 6.10 Å². The van der Waals surface area contributed by atoms with Gasteiger partial charge >= 0.3 is 0 Å². The fraction of sp³-hybridized carbons (Fsp3) is 0.273. The molecule has 3 N–H and O–H groups in total. The highest BCUT2D eigenvalue weighted by molar-refractivity contribution is 5.66. The lowest BCUT2D eigenvalue weighted by Crippen LogP contribution is -2.23. The summed E-state index contributed by atoms with van der Waals surface area (Å²) in [5.41, 5.74) is 2.91. The van der Waals surface area contributed by atoms with Gasteiger partial charge in [-0.05, 0) is 36.6 Å². The molecule has 1 fully saturated rings. The van der Waals surface area contributed by atoms with Crippen LogP contribution in [0.25, 0.3) is 5.65 Å². The molecule has 1 aliphatic heterocycles. The van der Waals surface area contributed by atoms with Gasteiger partial charge in [-0.15, -0.1) is 0 Å². The van der Waals surface area contributed by atoms with Crippen LogP contribution in [0.4, 0.5) is 29.1 Å². The van der Waals surface area contributed by atoms with E-state index in [1.165, 1.54) is 5.56 Å². The second kappa shape index (κ2) is 8.19. The first kappa shape index (κ1) is 19.3. The van der Waals surface area contributed by atoms with Gasteiger partial charge in [-0.3, -0.25) is 0 Å². The number of nitrogens with zero attached hydrogens (tertiary/aromatic N) is 6. The fourth-order valence-electron chi connectivity index (χ4n) is 3.68. The van der Waals surface area contributed by atoms with Crippen LogP contribution in [0.5, 0.6) is 0 Å². The number of aryl methyl sites for hydroxylation is 1. The van der Waals surface area contributed by atoms with Gasteiger partial charge < -0.3 is 25.0 Å². The molecule has 31 heavy (non-hydrogen) atoms. The predicted octanol–water partition coefficient (Wildman–Crippen LogP) is 3.14. The van der Waals surface area contributed by atoms with Crippen LogP contribution in [-0.2, 0) is 6.42 Å². The SMILES string of the molecule is CCc1ccnc(Nc2nc(Nc3ccn4ccnc4c3)cc(N3CC[C@@H](O)C3)n2)c1. The van der Waals surface area contributed by atoms with E-state index in [-0.39, 0.29) is 6.10 Å². The molecule has 0 aromatic carbocycles. The molecule has 9 nitrogen and oxygen atoms in total. The number of hydrogen-bond acceptors (Lipinski definition) is 8. The van der Waals surface area contributed by atoms with Gasteiger partial charge in [0.1, 0.15) is 23.1 Å². The molecule has 1 saturated heterocycles. The molecular weight excluding hydrogens is 392 g/mol. The van der Waals surface area contributed by atoms with Crippen LogP contribution >= 0.6 is 0 Å². The molecule has 5 rings (SSSR count). The van der Waals surface area contributed by atoms with Crippen LogP contribution in [0.1, 0.15) is 18.9 Å². The van der Waals surface area contributed by atoms with Crippen molar-refractivity contribution in [1.29, 1.82) is 0 Å². The van der Waals surface area contributed by atoms with Gasteiger partial charge in [0.15, 0.2) is 0 Å². The predicted molar refractivity (Wildman–Crippen MR) is 120 cm³/mol. The summed E-state index contributed by atoms with van der Waals surface area (Å²) in [6, 6.07) is 9.81. The number of rotatable bonds is 6. The van der Waals surface area contributed by atoms with Crippen LogP contribution in [-0.4, -0.2) is 48.6 Å². The molecule has 4 aromatic heterocycles. The number of anilines is 5. The summed E-state index contributed by atoms with van der Waals surface area (Å²) in [4.78, 5) is 20.1. The highest BCUT2D eigenvalue weighted by atomic mass is 16.3. The van der Waals surface area contributed by atoms with Gasteiger partial charge in [-0.1, -0.05) is 6.92 Å². The number of hydrogen-bond donors (Lipinski definition) is 3. The van der Waals surface area contributed by atoms with Crippen LogP contribution in [0.3, 0.4) is 0 Å². The highest BCUT2D eigenvalue weighted by Gasteiger charge is 2.22. The van der Waals surface area contributed by atoms with Crippen molar-refractivity contribution < 1.29 is 5.11 Å². The number of aliphatic hydroxyl groups is 1. The molecule has 0 radical (unpaired) electrons. The van der Waals surface area contributed by atoms with Gasteiger partial charge in [0.2, 0.25) is 5.95 Å². The van der Waals surface area contributed by atoms with E-state index in [4.69, 9.17) is 0 Å². The minimum absolute atomic E-state index is 0.339. The minimum atomic E-state index is -0.339. The van der Waals surface area contributed by atoms with E-state index in [1.807, 2.05) is 47.1 Å². The fourth-order valence-corrected chi connectivity index (χ4v) is 3.68. The van der Waals surface area contributed by atoms with E-state index >= 15 is 0 Å². The molecule has 0 amide bonds. The number of pyridine rings is 2. The number of nitrogens with one attached hydrogen (secondary N) is 2. The number of β-amino-alcohol motifs (C(OH)–C–C–N with tert-alkyl or cyclic N) is 1. The summed E-state index contributed by atoms with van der Waals surface area (Å²) in [7, 11) is 0. The smallest absolute Gasteiger partial charge is 0.232 e. The molecule has 0 bridgehead atoms. The topological polar surface area (TPSA) is 104 Å². The van der Waals surface area contributed by atoms with E-state index in [9.17, 15) is 5.11 Å². The Labute approximate surface area is 179 Å². The van der Waals surface area contributed by atoms with Crippen LogP contribution < -0.4 is 15.5 Å². The zero-order valence-electron chi connectivity index (χ0n) is 17.2. The number of fused-ring (bicyclic) bond motifs is 1. The summed E-state index contributed by atoms with van der Waals surface area (Å²) < 4.78 is 1.95. The molecule has 0 saturated carbocycles. The van der Waals surface area contributed by atoms with Gasteiger partial charge in [0.25, 0.3) is 0 Å². The molecule has 0 unspecified atom stereocenters. The molecule has 0 spiro atoms. The third-order valence-electron chi connectivity index (χ3n) is 5.34. The summed E-state index contributed by atoms with van der Waals surface area (Å²) in [5, 5.41) is 16.6. The average molecular weight is 416 g/mol. The van der Waals surface area contributed by atoms with E-state index in [2.05, 4.69) is 42.4 Å². The van der Waals surface area contributed by atoms with Crippen molar-refractivity contribution in [2.75, 3.05) is 28.6 Å². The van der Waals surface area contributed by atoms with Crippen molar-refractivity contribution in [1.82, 2.24) is 24.3 Å². The van der Waals surface area contributed by atoms with E-state index in [1.54, 1.807) is 12.4 Å². The maximum Gasteiger partial charge on any atom is 0.232 e. The van der Waals surface area contributed by atoms with Crippen LogP contribution in [0.2, 0.25) is 0 Å². The number of aromatic nitrogens is 5. The van der Waals surface area contributed by atoms with Gasteiger partial charge in [0, 0.05) is 55.7 Å². The Hall–Kier alpha value is -3.72. The second-order valence-electron chi connectivity index (χ2n) is 7.58. The Morgan fingerprint density at radius 1 is 1.03 bits per heavy atom. The zero-order valence-corrected chi connectivity index (χ0v) is 17.2. The Morgan fingerprint density at radius 2 is 1.97 bits per heavy atom. The summed E-state index contributed by atoms with van der Waals surface area (Å²) in [6.07, 6.45) is 8.71. The largest absolute Gasteiger partial charge is 0.391 e. The van der Waals surface area contributed by atoms with Crippen molar-refractivity contribution in [3.8, 4) is 0 Å². The molecule has 0 aliphatic carbocycles. The maximum absolute atomic E-state index is 9.97. The lowest BCUT2D eigenvalue weighted by molar-refractivity contribution is 0.198. The number of aliphatic hydroxyl groups excluding tert-OH is 1. The van der Waals surface area contributed by atoms with E-state index in [0.717, 1.165) is 36.5 Å². The molecule has 4 aromatic rings. The third-order valence-corrected chi connectivity index (χ3v) is 5.34. The third kappa shape index (κ3) is 4.26. The summed E-state index contributed by atoms with van der Waals surface area (Å²) >= 11 is 0. The Bertz CT molecular complexity index is 1210. The Kier molecular flexibility index (Phi) is 5.09. The average Bonchev–Trinajstić information content (AvgIpc) is 3.42. The molecule has 9 heteroatoms. The molecule has 1 atom stereocenters. The highest BCUT2D eigenvalue weighted by Crippen LogP contribution is 2.26. The van der Waals surface area contributed by atoms with E-state index in [0.29, 0.717) is 24.1 Å². The van der Waals surface area contributed by atoms with Gasteiger partial charge in [-0.25, -0.2) is 9.97 Å². The van der Waals surface area contributed by atoms with Crippen molar-refractivity contribution in [2.45, 2.75) is 25.9 Å². The second-order valence-corrected chi connectivity index (χ2v) is 7.58. The molecular formula is C22H24N8O. The van der Waals surface area contributed by atoms with Crippen molar-refractivity contribution >= 4 is 34.7 Å². The quantitative estimate of drug-likeness (QED) is 0.440. The lowest BCUT2D eigenvalue weighted by Gasteiger charge is -2.19. The first-order valence-corrected chi connectivity index (χ1v) is 10.4. The lowest BCUT2D eigenvalue weighted by atomic mass is 10.2. The normalized spacial score (nSPS) is 16.1. The van der Waals surface area contributed by atoms with Crippen molar-refractivity contribution in [3.63, 3.8) is 0 Å². The summed E-state index contributed by atoms with van der Waals surface area (Å²) in [6.45, 7) is 3.41. The summed E-state index contributed by atoms with van der Waals surface area (Å²) in [5.74, 6) is 2.55. The zero-order chi connectivity index (χ0) is 21.2. The molecule has 158 valence electrons. The Morgan fingerprint density at radius 3 is 2.81 bits per heavy atom. The van der Waals surface area contributed by atoms with Crippen LogP contribution in [0.15, 0.2) is 55.1 Å². The molecule has 1 aliphatic rings. The van der Waals surface area contributed by atoms with Crippen LogP contribution in [0, 0.1) is 0 Å². The molecule has 5 heterocycles. The monoisotopic (exact) mass is 416 g/mol. The van der Waals surface area contributed by atoms with Gasteiger partial charge in [-0.2, -0.15) is 9.97 Å². The first-order chi connectivity index (χ1) is 15.2. The maximum atomic E-state index is 9.97. The minimum Gasteiger partial charge on any atom is -0.391 e. The standard InChI is InChI=1S/C22H24N8O/c1-2-15-3-6-23-18(11-15)26-22-27-19(13-21(28-22)30-9-5-17(31)14-30)25-16-4-8-29-10-7-24-20(29)12-16/h3-4,6-8,10-13,17,31H,2,5,9,14H2,1H3,(H2,23,25,26,27,28)/t17-/m1/s1. The number of imidazole rings is 1.